The predicted molar refractivity (Wildman–Crippen MR) is 90.4 cm³/mol. The summed E-state index contributed by atoms with van der Waals surface area (Å²) >= 11 is 4.60. The Balaban J connectivity index is 1.86. The van der Waals surface area contributed by atoms with E-state index in [-0.39, 0.29) is 0 Å². The van der Waals surface area contributed by atoms with Gasteiger partial charge >= 0.3 is 0 Å². The van der Waals surface area contributed by atoms with E-state index in [2.05, 4.69) is 39.8 Å². The van der Waals surface area contributed by atoms with Gasteiger partial charge in [-0.25, -0.2) is 8.42 Å². The molecular formula is C13H22BrN3O2S2. The van der Waals surface area contributed by atoms with Crippen LogP contribution in [0.2, 0.25) is 0 Å². The summed E-state index contributed by atoms with van der Waals surface area (Å²) in [5, 5.41) is 0. The van der Waals surface area contributed by atoms with Crippen molar-refractivity contribution in [1.29, 1.82) is 0 Å². The Morgan fingerprint density at radius 2 is 1.90 bits per heavy atom. The summed E-state index contributed by atoms with van der Waals surface area (Å²) in [4.78, 5) is 4.52. The molecule has 120 valence electrons. The number of hydrogen-bond acceptors (Lipinski definition) is 5. The van der Waals surface area contributed by atoms with Gasteiger partial charge in [0, 0.05) is 26.2 Å². The summed E-state index contributed by atoms with van der Waals surface area (Å²) in [5.41, 5.74) is 0. The molecule has 0 saturated carbocycles. The summed E-state index contributed by atoms with van der Waals surface area (Å²) in [7, 11) is 0.835. The Bertz CT molecular complexity index is 552. The van der Waals surface area contributed by atoms with Crippen molar-refractivity contribution in [3.63, 3.8) is 0 Å². The Kier molecular flexibility index (Phi) is 6.22. The van der Waals surface area contributed by atoms with Gasteiger partial charge < -0.3 is 9.80 Å². The van der Waals surface area contributed by atoms with Crippen molar-refractivity contribution in [2.75, 3.05) is 53.4 Å². The van der Waals surface area contributed by atoms with Gasteiger partial charge in [-0.15, -0.1) is 11.3 Å². The van der Waals surface area contributed by atoms with Crippen LogP contribution in [0, 0.1) is 0 Å². The highest BCUT2D eigenvalue weighted by Crippen LogP contribution is 2.28. The molecule has 0 atom stereocenters. The van der Waals surface area contributed by atoms with E-state index in [1.54, 1.807) is 16.4 Å². The molecular weight excluding hydrogens is 374 g/mol. The van der Waals surface area contributed by atoms with Crippen LogP contribution in [0.25, 0.3) is 0 Å². The molecule has 1 aromatic rings. The lowest BCUT2D eigenvalue weighted by Gasteiger charge is -2.33. The minimum atomic E-state index is -3.31. The van der Waals surface area contributed by atoms with Crippen molar-refractivity contribution in [3.05, 3.63) is 15.9 Å². The average Bonchev–Trinajstić information content (AvgIpc) is 2.86. The van der Waals surface area contributed by atoms with E-state index in [4.69, 9.17) is 0 Å². The normalized spacial score (nSPS) is 18.5. The van der Waals surface area contributed by atoms with Gasteiger partial charge in [-0.1, -0.05) is 0 Å². The van der Waals surface area contributed by atoms with Crippen LogP contribution in [-0.4, -0.2) is 75.9 Å². The second kappa shape index (κ2) is 7.52. The van der Waals surface area contributed by atoms with E-state index < -0.39 is 10.0 Å². The molecule has 2 rings (SSSR count). The van der Waals surface area contributed by atoms with E-state index in [0.29, 0.717) is 17.3 Å². The van der Waals surface area contributed by atoms with E-state index in [0.717, 1.165) is 36.4 Å². The molecule has 1 aromatic heterocycles. The molecule has 1 saturated heterocycles. The minimum Gasteiger partial charge on any atom is -0.309 e. The molecule has 0 aliphatic carbocycles. The first-order valence-electron chi connectivity index (χ1n) is 7.02. The maximum atomic E-state index is 12.5. The molecule has 0 aromatic carbocycles. The van der Waals surface area contributed by atoms with Crippen molar-refractivity contribution in [2.24, 2.45) is 0 Å². The standard InChI is InChI=1S/C13H22BrN3O2S2/c1-15(2)6-3-7-16-8-10-17(11-9-16)21(18,19)13-5-4-12(14)20-13/h4-5H,3,6-11H2,1-2H3. The van der Waals surface area contributed by atoms with Crippen molar-refractivity contribution >= 4 is 37.3 Å². The van der Waals surface area contributed by atoms with E-state index >= 15 is 0 Å². The van der Waals surface area contributed by atoms with Crippen LogP contribution in [-0.2, 0) is 10.0 Å². The number of nitrogens with zero attached hydrogens (tertiary/aromatic N) is 3. The molecule has 1 aliphatic rings. The highest BCUT2D eigenvalue weighted by atomic mass is 79.9. The number of hydrogen-bond donors (Lipinski definition) is 0. The van der Waals surface area contributed by atoms with E-state index in [1.165, 1.54) is 11.3 Å². The predicted octanol–water partition coefficient (Wildman–Crippen LogP) is 1.77. The quantitative estimate of drug-likeness (QED) is 0.735. The maximum absolute atomic E-state index is 12.5. The van der Waals surface area contributed by atoms with Crippen LogP contribution >= 0.6 is 27.3 Å². The van der Waals surface area contributed by atoms with Crippen LogP contribution in [0.15, 0.2) is 20.1 Å². The highest BCUT2D eigenvalue weighted by molar-refractivity contribution is 9.11. The largest absolute Gasteiger partial charge is 0.309 e. The number of sulfonamides is 1. The number of piperazine rings is 1. The molecule has 0 spiro atoms. The first-order valence-corrected chi connectivity index (χ1v) is 10.1. The monoisotopic (exact) mass is 395 g/mol. The van der Waals surface area contributed by atoms with Gasteiger partial charge in [0.05, 0.1) is 3.79 Å². The SMILES string of the molecule is CN(C)CCCN1CCN(S(=O)(=O)c2ccc(Br)s2)CC1. The number of halogens is 1. The number of rotatable bonds is 6. The molecule has 0 N–H and O–H groups in total. The van der Waals surface area contributed by atoms with Gasteiger partial charge in [0.25, 0.3) is 10.0 Å². The van der Waals surface area contributed by atoms with Gasteiger partial charge in [0.15, 0.2) is 0 Å². The minimum absolute atomic E-state index is 0.426. The van der Waals surface area contributed by atoms with Gasteiger partial charge in [-0.2, -0.15) is 4.31 Å². The molecule has 1 fully saturated rings. The lowest BCUT2D eigenvalue weighted by atomic mass is 10.3. The Morgan fingerprint density at radius 3 is 2.43 bits per heavy atom. The molecule has 21 heavy (non-hydrogen) atoms. The molecule has 1 aliphatic heterocycles. The fourth-order valence-corrected chi connectivity index (χ4v) is 5.95. The second-order valence-electron chi connectivity index (χ2n) is 5.46. The summed E-state index contributed by atoms with van der Waals surface area (Å²) in [5.74, 6) is 0. The fraction of sp³-hybridized carbons (Fsp3) is 0.692. The molecule has 0 bridgehead atoms. The fourth-order valence-electron chi connectivity index (χ4n) is 2.37. The molecule has 5 nitrogen and oxygen atoms in total. The third-order valence-corrected chi connectivity index (χ3v) is 7.54. The smallest absolute Gasteiger partial charge is 0.252 e. The molecule has 0 radical (unpaired) electrons. The third kappa shape index (κ3) is 4.74. The van der Waals surface area contributed by atoms with Gasteiger partial charge in [-0.3, -0.25) is 0 Å². The highest BCUT2D eigenvalue weighted by Gasteiger charge is 2.29. The van der Waals surface area contributed by atoms with E-state index in [9.17, 15) is 8.42 Å². The summed E-state index contributed by atoms with van der Waals surface area (Å²) in [6, 6.07) is 3.46. The van der Waals surface area contributed by atoms with E-state index in [1.807, 2.05) is 0 Å². The van der Waals surface area contributed by atoms with Crippen molar-refractivity contribution in [1.82, 2.24) is 14.1 Å². The Labute approximate surface area is 139 Å². The molecule has 2 heterocycles. The van der Waals surface area contributed by atoms with Crippen molar-refractivity contribution < 1.29 is 8.42 Å². The maximum Gasteiger partial charge on any atom is 0.252 e. The molecule has 0 amide bonds. The summed E-state index contributed by atoms with van der Waals surface area (Å²) in [6.07, 6.45) is 1.12. The first-order chi connectivity index (χ1) is 9.89. The Hall–Kier alpha value is 0.01000. The second-order valence-corrected chi connectivity index (χ2v) is 10.1. The van der Waals surface area contributed by atoms with Crippen LogP contribution in [0.4, 0.5) is 0 Å². The van der Waals surface area contributed by atoms with Gasteiger partial charge in [0.2, 0.25) is 0 Å². The first kappa shape index (κ1) is 17.4. The topological polar surface area (TPSA) is 43.9 Å². The van der Waals surface area contributed by atoms with Crippen LogP contribution in [0.1, 0.15) is 6.42 Å². The lowest BCUT2D eigenvalue weighted by molar-refractivity contribution is 0.181. The van der Waals surface area contributed by atoms with Gasteiger partial charge in [-0.05, 0) is 61.7 Å². The van der Waals surface area contributed by atoms with Crippen LogP contribution in [0.5, 0.6) is 0 Å². The number of thiophene rings is 1. The summed E-state index contributed by atoms with van der Waals surface area (Å²) < 4.78 is 27.9. The van der Waals surface area contributed by atoms with Crippen LogP contribution < -0.4 is 0 Å². The zero-order valence-corrected chi connectivity index (χ0v) is 15.7. The van der Waals surface area contributed by atoms with Crippen molar-refractivity contribution in [2.45, 2.75) is 10.6 Å². The summed E-state index contributed by atoms with van der Waals surface area (Å²) in [6.45, 7) is 4.91. The Morgan fingerprint density at radius 1 is 1.24 bits per heavy atom. The van der Waals surface area contributed by atoms with Crippen LogP contribution in [0.3, 0.4) is 0 Å². The molecule has 8 heteroatoms. The van der Waals surface area contributed by atoms with Crippen molar-refractivity contribution in [3.8, 4) is 0 Å². The average molecular weight is 396 g/mol. The van der Waals surface area contributed by atoms with Gasteiger partial charge in [0.1, 0.15) is 4.21 Å². The zero-order valence-electron chi connectivity index (χ0n) is 12.5. The molecule has 0 unspecified atom stereocenters. The third-order valence-electron chi connectivity index (χ3n) is 3.55. The zero-order chi connectivity index (χ0) is 15.5. The lowest BCUT2D eigenvalue weighted by Crippen LogP contribution is -2.48.